The highest BCUT2D eigenvalue weighted by Crippen LogP contribution is 2.15. The molecule has 4 nitrogen and oxygen atoms in total. The summed E-state index contributed by atoms with van der Waals surface area (Å²) in [4.78, 5) is 13.5. The highest BCUT2D eigenvalue weighted by atomic mass is 16.3. The van der Waals surface area contributed by atoms with Crippen LogP contribution >= 0.6 is 0 Å². The molecular weight excluding hydrogens is 180 g/mol. The van der Waals surface area contributed by atoms with E-state index in [0.29, 0.717) is 0 Å². The van der Waals surface area contributed by atoms with E-state index in [1.807, 2.05) is 13.8 Å². The molecule has 1 aliphatic rings. The maximum Gasteiger partial charge on any atom is 0.239 e. The third kappa shape index (κ3) is 2.25. The number of rotatable bonds is 3. The van der Waals surface area contributed by atoms with Crippen molar-refractivity contribution in [3.8, 4) is 0 Å². The van der Waals surface area contributed by atoms with Crippen molar-refractivity contribution in [2.45, 2.75) is 38.3 Å². The number of nitrogens with zero attached hydrogens (tertiary/aromatic N) is 1. The highest BCUT2D eigenvalue weighted by Gasteiger charge is 2.32. The average Bonchev–Trinajstić information content (AvgIpc) is 2.68. The van der Waals surface area contributed by atoms with E-state index < -0.39 is 5.54 Å². The molecular formula is C10H20N2O2. The summed E-state index contributed by atoms with van der Waals surface area (Å²) in [7, 11) is 1.75. The van der Waals surface area contributed by atoms with Gasteiger partial charge in [0.1, 0.15) is 0 Å². The first-order valence-electron chi connectivity index (χ1n) is 5.11. The maximum absolute atomic E-state index is 11.9. The van der Waals surface area contributed by atoms with E-state index in [-0.39, 0.29) is 18.6 Å². The second-order valence-electron chi connectivity index (χ2n) is 4.52. The summed E-state index contributed by atoms with van der Waals surface area (Å²) >= 11 is 0. The Labute approximate surface area is 85.3 Å². The third-order valence-electron chi connectivity index (χ3n) is 2.98. The van der Waals surface area contributed by atoms with Crippen LogP contribution in [0.1, 0.15) is 26.7 Å². The fraction of sp³-hybridized carbons (Fsp3) is 0.900. The van der Waals surface area contributed by atoms with Crippen LogP contribution in [0.4, 0.5) is 0 Å². The summed E-state index contributed by atoms with van der Waals surface area (Å²) in [5.41, 5.74) is -0.471. The summed E-state index contributed by atoms with van der Waals surface area (Å²) in [6.07, 6.45) is 1.97. The Morgan fingerprint density at radius 2 is 2.29 bits per heavy atom. The van der Waals surface area contributed by atoms with Gasteiger partial charge in [-0.25, -0.2) is 0 Å². The lowest BCUT2D eigenvalue weighted by atomic mass is 10.0. The minimum Gasteiger partial charge on any atom is -0.394 e. The smallest absolute Gasteiger partial charge is 0.239 e. The van der Waals surface area contributed by atoms with Crippen molar-refractivity contribution >= 4 is 5.91 Å². The molecule has 1 rings (SSSR count). The van der Waals surface area contributed by atoms with Crippen LogP contribution in [0.3, 0.4) is 0 Å². The number of carbonyl (C=O) groups is 1. The summed E-state index contributed by atoms with van der Waals surface area (Å²) in [6, 6.07) is -0.0502. The number of nitrogens with one attached hydrogen (secondary N) is 1. The van der Waals surface area contributed by atoms with Crippen molar-refractivity contribution in [2.24, 2.45) is 0 Å². The first kappa shape index (κ1) is 11.5. The van der Waals surface area contributed by atoms with Gasteiger partial charge in [-0.1, -0.05) is 0 Å². The van der Waals surface area contributed by atoms with Gasteiger partial charge in [0, 0.05) is 7.05 Å². The number of hydrogen-bond acceptors (Lipinski definition) is 3. The van der Waals surface area contributed by atoms with Crippen molar-refractivity contribution < 1.29 is 9.90 Å². The van der Waals surface area contributed by atoms with Crippen molar-refractivity contribution in [2.75, 3.05) is 20.2 Å². The molecule has 0 unspecified atom stereocenters. The minimum absolute atomic E-state index is 0.0119. The number of likely N-dealkylation sites (N-methyl/N-ethyl adjacent to an activating group) is 1. The molecule has 0 bridgehead atoms. The molecule has 0 aromatic heterocycles. The van der Waals surface area contributed by atoms with Crippen LogP contribution in [0.2, 0.25) is 0 Å². The summed E-state index contributed by atoms with van der Waals surface area (Å²) in [6.45, 7) is 4.63. The quantitative estimate of drug-likeness (QED) is 0.672. The van der Waals surface area contributed by atoms with Gasteiger partial charge in [0.25, 0.3) is 0 Å². The third-order valence-corrected chi connectivity index (χ3v) is 2.98. The van der Waals surface area contributed by atoms with Gasteiger partial charge < -0.3 is 15.3 Å². The molecule has 82 valence electrons. The normalized spacial score (nSPS) is 22.4. The van der Waals surface area contributed by atoms with Crippen LogP contribution in [0.25, 0.3) is 0 Å². The molecule has 1 fully saturated rings. The fourth-order valence-corrected chi connectivity index (χ4v) is 1.53. The molecule has 1 aliphatic heterocycles. The first-order valence-corrected chi connectivity index (χ1v) is 5.11. The molecule has 2 N–H and O–H groups in total. The van der Waals surface area contributed by atoms with Crippen LogP contribution in [0, 0.1) is 0 Å². The summed E-state index contributed by atoms with van der Waals surface area (Å²) in [5.74, 6) is 0.0848. The maximum atomic E-state index is 11.9. The van der Waals surface area contributed by atoms with E-state index >= 15 is 0 Å². The van der Waals surface area contributed by atoms with Crippen LogP contribution in [0.5, 0.6) is 0 Å². The predicted octanol–water partition coefficient (Wildman–Crippen LogP) is -0.0323. The van der Waals surface area contributed by atoms with Gasteiger partial charge in [0.15, 0.2) is 0 Å². The number of carbonyl (C=O) groups excluding carboxylic acids is 1. The van der Waals surface area contributed by atoms with E-state index in [9.17, 15) is 4.79 Å². The van der Waals surface area contributed by atoms with Gasteiger partial charge in [-0.15, -0.1) is 0 Å². The lowest BCUT2D eigenvalue weighted by molar-refractivity contribution is -0.137. The second-order valence-corrected chi connectivity index (χ2v) is 4.52. The van der Waals surface area contributed by atoms with E-state index in [4.69, 9.17) is 5.11 Å². The monoisotopic (exact) mass is 200 g/mol. The Morgan fingerprint density at radius 3 is 2.71 bits per heavy atom. The average molecular weight is 200 g/mol. The Bertz CT molecular complexity index is 210. The lowest BCUT2D eigenvalue weighted by Crippen LogP contribution is -2.53. The Kier molecular flexibility index (Phi) is 3.50. The SMILES string of the molecule is CN(C(=O)[C@@H]1CCCN1)C(C)(C)CO. The van der Waals surface area contributed by atoms with Crippen molar-refractivity contribution in [1.29, 1.82) is 0 Å². The molecule has 1 heterocycles. The van der Waals surface area contributed by atoms with Gasteiger partial charge in [0.05, 0.1) is 18.2 Å². The number of hydrogen-bond donors (Lipinski definition) is 2. The molecule has 1 saturated heterocycles. The topological polar surface area (TPSA) is 52.6 Å². The lowest BCUT2D eigenvalue weighted by Gasteiger charge is -2.35. The van der Waals surface area contributed by atoms with Gasteiger partial charge in [-0.3, -0.25) is 4.79 Å². The Balaban J connectivity index is 2.59. The highest BCUT2D eigenvalue weighted by molar-refractivity contribution is 5.82. The molecule has 0 aromatic carbocycles. The van der Waals surface area contributed by atoms with Gasteiger partial charge in [0.2, 0.25) is 5.91 Å². The molecule has 0 radical (unpaired) electrons. The van der Waals surface area contributed by atoms with Gasteiger partial charge in [-0.05, 0) is 33.2 Å². The summed E-state index contributed by atoms with van der Waals surface area (Å²) in [5, 5.41) is 12.3. The molecule has 0 aliphatic carbocycles. The van der Waals surface area contributed by atoms with Gasteiger partial charge >= 0.3 is 0 Å². The molecule has 0 saturated carbocycles. The van der Waals surface area contributed by atoms with Crippen molar-refractivity contribution in [1.82, 2.24) is 10.2 Å². The van der Waals surface area contributed by atoms with Crippen LogP contribution in [-0.2, 0) is 4.79 Å². The second kappa shape index (κ2) is 4.28. The van der Waals surface area contributed by atoms with E-state index in [1.165, 1.54) is 0 Å². The van der Waals surface area contributed by atoms with Crippen LogP contribution < -0.4 is 5.32 Å². The van der Waals surface area contributed by atoms with E-state index in [1.54, 1.807) is 11.9 Å². The number of aliphatic hydroxyl groups is 1. The molecule has 1 atom stereocenters. The molecule has 4 heteroatoms. The minimum atomic E-state index is -0.471. The molecule has 14 heavy (non-hydrogen) atoms. The van der Waals surface area contributed by atoms with Crippen molar-refractivity contribution in [3.05, 3.63) is 0 Å². The first-order chi connectivity index (χ1) is 6.49. The molecule has 0 spiro atoms. The van der Waals surface area contributed by atoms with Gasteiger partial charge in [-0.2, -0.15) is 0 Å². The van der Waals surface area contributed by atoms with E-state index in [2.05, 4.69) is 5.32 Å². The zero-order valence-corrected chi connectivity index (χ0v) is 9.21. The Morgan fingerprint density at radius 1 is 1.64 bits per heavy atom. The largest absolute Gasteiger partial charge is 0.394 e. The summed E-state index contributed by atoms with van der Waals surface area (Å²) < 4.78 is 0. The van der Waals surface area contributed by atoms with Crippen LogP contribution in [0.15, 0.2) is 0 Å². The molecule has 1 amide bonds. The Hall–Kier alpha value is -0.610. The van der Waals surface area contributed by atoms with E-state index in [0.717, 1.165) is 19.4 Å². The van der Waals surface area contributed by atoms with Crippen LogP contribution in [-0.4, -0.2) is 47.7 Å². The molecule has 0 aromatic rings. The predicted molar refractivity (Wildman–Crippen MR) is 55.0 cm³/mol. The number of aliphatic hydroxyl groups excluding tert-OH is 1. The standard InChI is InChI=1S/C10H20N2O2/c1-10(2,7-13)12(3)9(14)8-5-4-6-11-8/h8,11,13H,4-7H2,1-3H3/t8-/m0/s1. The number of amides is 1. The zero-order valence-electron chi connectivity index (χ0n) is 9.21. The van der Waals surface area contributed by atoms with Crippen molar-refractivity contribution in [3.63, 3.8) is 0 Å². The zero-order chi connectivity index (χ0) is 10.8. The fourth-order valence-electron chi connectivity index (χ4n) is 1.53.